The van der Waals surface area contributed by atoms with Crippen molar-refractivity contribution < 1.29 is 17.2 Å². The molecule has 0 atom stereocenters. The Bertz CT molecular complexity index is 1110. The van der Waals surface area contributed by atoms with Gasteiger partial charge in [0.05, 0.1) is 16.4 Å². The lowest BCUT2D eigenvalue weighted by Gasteiger charge is -2.25. The Labute approximate surface area is 219 Å². The van der Waals surface area contributed by atoms with Gasteiger partial charge in [0.25, 0.3) is 10.0 Å². The minimum Gasteiger partial charge on any atom is -0.315 e. The van der Waals surface area contributed by atoms with Crippen molar-refractivity contribution in [2.24, 2.45) is 7.05 Å². The fourth-order valence-corrected chi connectivity index (χ4v) is 7.47. The summed E-state index contributed by atoms with van der Waals surface area (Å²) in [7, 11) is -3.05. The fourth-order valence-electron chi connectivity index (χ4n) is 4.38. The van der Waals surface area contributed by atoms with Crippen LogP contribution in [-0.2, 0) is 27.9 Å². The van der Waals surface area contributed by atoms with E-state index in [2.05, 4.69) is 15.3 Å². The normalized spacial score (nSPS) is 15.6. The molecule has 1 N–H and O–H groups in total. The summed E-state index contributed by atoms with van der Waals surface area (Å²) in [5, 5.41) is 7.46. The molecule has 2 aromatic rings. The first kappa shape index (κ1) is 27.6. The van der Waals surface area contributed by atoms with E-state index in [0.29, 0.717) is 15.7 Å². The van der Waals surface area contributed by atoms with Crippen LogP contribution in [0, 0.1) is 13.8 Å². The number of sulfonamides is 1. The molecule has 1 saturated heterocycles. The van der Waals surface area contributed by atoms with Crippen LogP contribution >= 0.6 is 34.2 Å². The topological polar surface area (TPSA) is 70.5 Å². The van der Waals surface area contributed by atoms with E-state index in [1.165, 1.54) is 11.6 Å². The standard InChI is InChI=1S/C22H31ClF2IN5O2S/c1-15-20(16(2)29(3)28-15)31(22(24)25)34(32,33)21-18(14-26)12-17(13-19(21)23)6-4-9-30-10-5-7-27-8-11-30/h12-13,22,27H,4-11,14H2,1-3H3. The average Bonchev–Trinajstić information content (AvgIpc) is 2.94. The number of hydrogen-bond acceptors (Lipinski definition) is 5. The maximum atomic E-state index is 14.2. The number of alkyl halides is 3. The van der Waals surface area contributed by atoms with Crippen molar-refractivity contribution in [3.05, 3.63) is 39.7 Å². The molecule has 3 rings (SSSR count). The number of nitrogens with zero attached hydrogens (tertiary/aromatic N) is 4. The van der Waals surface area contributed by atoms with Crippen molar-refractivity contribution in [1.29, 1.82) is 0 Å². The number of rotatable bonds is 9. The third-order valence-electron chi connectivity index (χ3n) is 6.08. The number of nitrogens with one attached hydrogen (secondary N) is 1. The molecule has 0 amide bonds. The van der Waals surface area contributed by atoms with E-state index >= 15 is 0 Å². The van der Waals surface area contributed by atoms with E-state index in [1.54, 1.807) is 26.1 Å². The maximum absolute atomic E-state index is 14.2. The Morgan fingerprint density at radius 3 is 2.62 bits per heavy atom. The van der Waals surface area contributed by atoms with Gasteiger partial charge in [0.1, 0.15) is 10.6 Å². The van der Waals surface area contributed by atoms with E-state index < -0.39 is 16.6 Å². The highest BCUT2D eigenvalue weighted by atomic mass is 127. The van der Waals surface area contributed by atoms with Crippen LogP contribution in [0.15, 0.2) is 17.0 Å². The number of halogens is 4. The Morgan fingerprint density at radius 2 is 2.00 bits per heavy atom. The van der Waals surface area contributed by atoms with Crippen molar-refractivity contribution in [2.45, 2.75) is 49.0 Å². The fraction of sp³-hybridized carbons (Fsp3) is 0.591. The third kappa shape index (κ3) is 6.03. The molecule has 1 aromatic carbocycles. The Morgan fingerprint density at radius 1 is 1.26 bits per heavy atom. The minimum absolute atomic E-state index is 0.0343. The van der Waals surface area contributed by atoms with Gasteiger partial charge in [-0.05, 0) is 69.9 Å². The van der Waals surface area contributed by atoms with Crippen LogP contribution < -0.4 is 9.62 Å². The van der Waals surface area contributed by atoms with Gasteiger partial charge in [-0.3, -0.25) is 4.68 Å². The summed E-state index contributed by atoms with van der Waals surface area (Å²) in [6.45, 7) is 4.81. The van der Waals surface area contributed by atoms with Gasteiger partial charge in [-0.1, -0.05) is 40.3 Å². The molecule has 0 bridgehead atoms. The lowest BCUT2D eigenvalue weighted by atomic mass is 10.1. The molecule has 0 radical (unpaired) electrons. The molecule has 0 unspecified atom stereocenters. The summed E-state index contributed by atoms with van der Waals surface area (Å²) in [5.74, 6) is 0. The molecule has 12 heteroatoms. The minimum atomic E-state index is -4.64. The second-order valence-corrected chi connectivity index (χ2v) is 11.4. The first-order valence-electron chi connectivity index (χ1n) is 11.2. The largest absolute Gasteiger partial charge is 0.328 e. The molecular weight excluding hydrogens is 599 g/mol. The van der Waals surface area contributed by atoms with Gasteiger partial charge in [0.2, 0.25) is 0 Å². The summed E-state index contributed by atoms with van der Waals surface area (Å²) in [6, 6.07) is 3.38. The van der Waals surface area contributed by atoms with Crippen molar-refractivity contribution in [3.63, 3.8) is 0 Å². The van der Waals surface area contributed by atoms with Crippen molar-refractivity contribution in [2.75, 3.05) is 37.0 Å². The summed E-state index contributed by atoms with van der Waals surface area (Å²) in [4.78, 5) is 2.15. The average molecular weight is 630 g/mol. The molecule has 1 aromatic heterocycles. The van der Waals surface area contributed by atoms with E-state index in [-0.39, 0.29) is 25.6 Å². The zero-order chi connectivity index (χ0) is 25.0. The van der Waals surface area contributed by atoms with Gasteiger partial charge < -0.3 is 10.2 Å². The zero-order valence-electron chi connectivity index (χ0n) is 19.6. The number of anilines is 1. The van der Waals surface area contributed by atoms with E-state index in [9.17, 15) is 17.2 Å². The highest BCUT2D eigenvalue weighted by molar-refractivity contribution is 14.1. The summed E-state index contributed by atoms with van der Waals surface area (Å²) < 4.78 is 57.4. The van der Waals surface area contributed by atoms with Crippen LogP contribution in [-0.4, -0.2) is 62.4 Å². The first-order chi connectivity index (χ1) is 16.1. The highest BCUT2D eigenvalue weighted by Crippen LogP contribution is 2.37. The summed E-state index contributed by atoms with van der Waals surface area (Å²) >= 11 is 8.52. The Balaban J connectivity index is 1.90. The number of hydrogen-bond donors (Lipinski definition) is 1. The third-order valence-corrected chi connectivity index (χ3v) is 9.17. The van der Waals surface area contributed by atoms with Gasteiger partial charge in [-0.15, -0.1) is 0 Å². The Hall–Kier alpha value is -1.02. The van der Waals surface area contributed by atoms with E-state index in [1.807, 2.05) is 22.6 Å². The van der Waals surface area contributed by atoms with Crippen molar-refractivity contribution >= 4 is 49.9 Å². The first-order valence-corrected chi connectivity index (χ1v) is 14.6. The van der Waals surface area contributed by atoms with Crippen LogP contribution in [0.3, 0.4) is 0 Å². The van der Waals surface area contributed by atoms with Gasteiger partial charge in [-0.2, -0.15) is 13.9 Å². The molecule has 1 aliphatic heterocycles. The smallest absolute Gasteiger partial charge is 0.315 e. The molecule has 34 heavy (non-hydrogen) atoms. The molecule has 1 aliphatic rings. The maximum Gasteiger partial charge on any atom is 0.328 e. The number of aromatic nitrogens is 2. The lowest BCUT2D eigenvalue weighted by molar-refractivity contribution is 0.161. The number of aryl methyl sites for hydroxylation is 3. The summed E-state index contributed by atoms with van der Waals surface area (Å²) in [5.41, 5.74) is 1.74. The molecule has 190 valence electrons. The SMILES string of the molecule is Cc1nn(C)c(C)c1N(C(F)F)S(=O)(=O)c1c(Cl)cc(CCCN2CCCNCC2)cc1CI. The highest BCUT2D eigenvalue weighted by Gasteiger charge is 2.38. The van der Waals surface area contributed by atoms with Crippen molar-refractivity contribution in [1.82, 2.24) is 20.0 Å². The van der Waals surface area contributed by atoms with Gasteiger partial charge in [0, 0.05) is 24.6 Å². The van der Waals surface area contributed by atoms with Crippen LogP contribution in [0.2, 0.25) is 5.02 Å². The zero-order valence-corrected chi connectivity index (χ0v) is 23.4. The van der Waals surface area contributed by atoms with Crippen molar-refractivity contribution in [3.8, 4) is 0 Å². The van der Waals surface area contributed by atoms with Gasteiger partial charge in [0.15, 0.2) is 0 Å². The predicted octanol–water partition coefficient (Wildman–Crippen LogP) is 4.27. The van der Waals surface area contributed by atoms with Gasteiger partial charge in [-0.25, -0.2) is 12.7 Å². The monoisotopic (exact) mass is 629 g/mol. The molecular formula is C22H31ClF2IN5O2S. The van der Waals surface area contributed by atoms with E-state index in [4.69, 9.17) is 11.6 Å². The van der Waals surface area contributed by atoms with Gasteiger partial charge >= 0.3 is 6.55 Å². The second kappa shape index (κ2) is 11.8. The number of benzene rings is 1. The Kier molecular flexibility index (Phi) is 9.57. The predicted molar refractivity (Wildman–Crippen MR) is 140 cm³/mol. The molecule has 0 spiro atoms. The van der Waals surface area contributed by atoms with Crippen LogP contribution in [0.5, 0.6) is 0 Å². The summed E-state index contributed by atoms with van der Waals surface area (Å²) in [6.07, 6.45) is 2.75. The molecule has 2 heterocycles. The second-order valence-electron chi connectivity index (χ2n) is 8.47. The van der Waals surface area contributed by atoms with Crippen LogP contribution in [0.25, 0.3) is 0 Å². The molecule has 0 aliphatic carbocycles. The van der Waals surface area contributed by atoms with Crippen LogP contribution in [0.1, 0.15) is 35.4 Å². The molecule has 7 nitrogen and oxygen atoms in total. The van der Waals surface area contributed by atoms with Crippen LogP contribution in [0.4, 0.5) is 14.5 Å². The molecule has 0 saturated carbocycles. The lowest BCUT2D eigenvalue weighted by Crippen LogP contribution is -2.37. The quantitative estimate of drug-likeness (QED) is 0.255. The molecule has 1 fully saturated rings. The van der Waals surface area contributed by atoms with E-state index in [0.717, 1.165) is 57.5 Å².